The van der Waals surface area contributed by atoms with Crippen LogP contribution < -0.4 is 5.32 Å². The Labute approximate surface area is 99.3 Å². The average molecular weight is 230 g/mol. The zero-order chi connectivity index (χ0) is 12.1. The molecule has 0 fully saturated rings. The fourth-order valence-electron chi connectivity index (χ4n) is 1.68. The largest absolute Gasteiger partial charge is 0.480 e. The summed E-state index contributed by atoms with van der Waals surface area (Å²) in [6, 6.07) is 10.4. The van der Waals surface area contributed by atoms with Gasteiger partial charge >= 0.3 is 5.97 Å². The monoisotopic (exact) mass is 230 g/mol. The highest BCUT2D eigenvalue weighted by atomic mass is 16.4. The van der Waals surface area contributed by atoms with Gasteiger partial charge in [-0.15, -0.1) is 0 Å². The number of rotatable bonds is 5. The van der Waals surface area contributed by atoms with Crippen molar-refractivity contribution in [1.82, 2.24) is 10.3 Å². The van der Waals surface area contributed by atoms with Gasteiger partial charge in [-0.2, -0.15) is 0 Å². The van der Waals surface area contributed by atoms with E-state index in [4.69, 9.17) is 0 Å². The molecule has 0 radical (unpaired) electrons. The molecule has 0 spiro atoms. The second-order valence-electron chi connectivity index (χ2n) is 3.78. The number of nitrogens with one attached hydrogen (secondary N) is 2. The fraction of sp³-hybridized carbons (Fsp3) is 0.154. The Balaban J connectivity index is 2.06. The number of H-pyrrole nitrogens is 1. The zero-order valence-electron chi connectivity index (χ0n) is 9.26. The second kappa shape index (κ2) is 5.32. The molecular weight excluding hydrogens is 216 g/mol. The van der Waals surface area contributed by atoms with Crippen molar-refractivity contribution < 1.29 is 9.90 Å². The van der Waals surface area contributed by atoms with Crippen LogP contribution in [0.1, 0.15) is 17.2 Å². The molecule has 1 atom stereocenters. The molecule has 0 saturated heterocycles. The highest BCUT2D eigenvalue weighted by Gasteiger charge is 2.18. The first-order valence-corrected chi connectivity index (χ1v) is 5.40. The molecule has 2 aromatic rings. The molecule has 1 unspecified atom stereocenters. The lowest BCUT2D eigenvalue weighted by Crippen LogP contribution is -2.27. The zero-order valence-corrected chi connectivity index (χ0v) is 9.26. The van der Waals surface area contributed by atoms with E-state index in [0.29, 0.717) is 6.54 Å². The fourth-order valence-corrected chi connectivity index (χ4v) is 1.68. The molecular formula is C13H14N2O2. The molecule has 1 aromatic heterocycles. The van der Waals surface area contributed by atoms with Crippen LogP contribution in [0.2, 0.25) is 0 Å². The van der Waals surface area contributed by atoms with Crippen molar-refractivity contribution in [2.45, 2.75) is 12.6 Å². The molecule has 2 rings (SSSR count). The summed E-state index contributed by atoms with van der Waals surface area (Å²) in [7, 11) is 0. The minimum absolute atomic E-state index is 0.523. The van der Waals surface area contributed by atoms with Gasteiger partial charge in [0.2, 0.25) is 0 Å². The van der Waals surface area contributed by atoms with Crippen LogP contribution >= 0.6 is 0 Å². The average Bonchev–Trinajstić information content (AvgIpc) is 2.83. The minimum Gasteiger partial charge on any atom is -0.480 e. The van der Waals surface area contributed by atoms with Crippen LogP contribution in [0, 0.1) is 0 Å². The summed E-state index contributed by atoms with van der Waals surface area (Å²) >= 11 is 0. The Morgan fingerprint density at radius 2 is 2.06 bits per heavy atom. The molecule has 1 aromatic carbocycles. The normalized spacial score (nSPS) is 12.2. The summed E-state index contributed by atoms with van der Waals surface area (Å²) in [4.78, 5) is 14.1. The highest BCUT2D eigenvalue weighted by Crippen LogP contribution is 2.13. The van der Waals surface area contributed by atoms with E-state index in [1.165, 1.54) is 0 Å². The number of aliphatic carboxylic acids is 1. The Morgan fingerprint density at radius 1 is 1.29 bits per heavy atom. The first-order valence-electron chi connectivity index (χ1n) is 5.40. The standard InChI is InChI=1S/C13H14N2O2/c16-13(17)12(11-4-2-1-3-5-11)15-9-10-6-7-14-8-10/h1-8,12,14-15H,9H2,(H,16,17). The molecule has 4 nitrogen and oxygen atoms in total. The van der Waals surface area contributed by atoms with Gasteiger partial charge in [-0.25, -0.2) is 0 Å². The number of carboxylic acids is 1. The topological polar surface area (TPSA) is 65.1 Å². The molecule has 4 heteroatoms. The van der Waals surface area contributed by atoms with E-state index in [1.54, 1.807) is 0 Å². The van der Waals surface area contributed by atoms with Crippen molar-refractivity contribution in [3.05, 3.63) is 59.9 Å². The Hall–Kier alpha value is -2.07. The van der Waals surface area contributed by atoms with Gasteiger partial charge in [0.05, 0.1) is 0 Å². The van der Waals surface area contributed by atoms with E-state index in [-0.39, 0.29) is 0 Å². The van der Waals surface area contributed by atoms with Gasteiger partial charge in [-0.3, -0.25) is 10.1 Å². The van der Waals surface area contributed by atoms with Gasteiger partial charge in [0.25, 0.3) is 0 Å². The Morgan fingerprint density at radius 3 is 2.65 bits per heavy atom. The summed E-state index contributed by atoms with van der Waals surface area (Å²) < 4.78 is 0. The lowest BCUT2D eigenvalue weighted by molar-refractivity contribution is -0.139. The van der Waals surface area contributed by atoms with Crippen molar-refractivity contribution in [3.8, 4) is 0 Å². The molecule has 1 heterocycles. The number of aromatic amines is 1. The van der Waals surface area contributed by atoms with Gasteiger partial charge in [0.15, 0.2) is 0 Å². The molecule has 88 valence electrons. The lowest BCUT2D eigenvalue weighted by Gasteiger charge is -2.14. The van der Waals surface area contributed by atoms with Crippen LogP contribution in [0.15, 0.2) is 48.8 Å². The maximum atomic E-state index is 11.2. The Kier molecular flexibility index (Phi) is 3.57. The first-order chi connectivity index (χ1) is 8.27. The number of carbonyl (C=O) groups is 1. The smallest absolute Gasteiger partial charge is 0.325 e. The van der Waals surface area contributed by atoms with E-state index in [9.17, 15) is 9.90 Å². The van der Waals surface area contributed by atoms with Crippen LogP contribution in [-0.4, -0.2) is 16.1 Å². The molecule has 17 heavy (non-hydrogen) atoms. The van der Waals surface area contributed by atoms with Crippen LogP contribution in [-0.2, 0) is 11.3 Å². The number of hydrogen-bond acceptors (Lipinski definition) is 2. The maximum absolute atomic E-state index is 11.2. The van der Waals surface area contributed by atoms with Gasteiger partial charge in [0, 0.05) is 18.9 Å². The number of aromatic nitrogens is 1. The molecule has 0 saturated carbocycles. The molecule has 0 aliphatic carbocycles. The summed E-state index contributed by atoms with van der Waals surface area (Å²) in [6.07, 6.45) is 3.66. The van der Waals surface area contributed by atoms with Gasteiger partial charge in [-0.05, 0) is 17.2 Å². The van der Waals surface area contributed by atoms with E-state index in [0.717, 1.165) is 11.1 Å². The first kappa shape index (κ1) is 11.4. The van der Waals surface area contributed by atoms with Gasteiger partial charge < -0.3 is 10.1 Å². The van der Waals surface area contributed by atoms with Crippen molar-refractivity contribution >= 4 is 5.97 Å². The molecule has 0 amide bonds. The third-order valence-electron chi connectivity index (χ3n) is 2.55. The molecule has 0 aliphatic rings. The van der Waals surface area contributed by atoms with Crippen LogP contribution in [0.4, 0.5) is 0 Å². The van der Waals surface area contributed by atoms with Crippen molar-refractivity contribution in [2.24, 2.45) is 0 Å². The molecule has 0 bridgehead atoms. The van der Waals surface area contributed by atoms with E-state index >= 15 is 0 Å². The predicted octanol–water partition coefficient (Wildman–Crippen LogP) is 1.93. The third-order valence-corrected chi connectivity index (χ3v) is 2.55. The summed E-state index contributed by atoms with van der Waals surface area (Å²) in [6.45, 7) is 0.523. The number of benzene rings is 1. The van der Waals surface area contributed by atoms with Crippen LogP contribution in [0.3, 0.4) is 0 Å². The van der Waals surface area contributed by atoms with E-state index < -0.39 is 12.0 Å². The minimum atomic E-state index is -0.869. The quantitative estimate of drug-likeness (QED) is 0.735. The highest BCUT2D eigenvalue weighted by molar-refractivity contribution is 5.75. The van der Waals surface area contributed by atoms with Crippen LogP contribution in [0.5, 0.6) is 0 Å². The Bertz CT molecular complexity index is 465. The summed E-state index contributed by atoms with van der Waals surface area (Å²) in [5.74, 6) is -0.869. The van der Waals surface area contributed by atoms with Gasteiger partial charge in [-0.1, -0.05) is 30.3 Å². The molecule has 0 aliphatic heterocycles. The third kappa shape index (κ3) is 2.95. The lowest BCUT2D eigenvalue weighted by atomic mass is 10.1. The van der Waals surface area contributed by atoms with Crippen molar-refractivity contribution in [3.63, 3.8) is 0 Å². The second-order valence-corrected chi connectivity index (χ2v) is 3.78. The van der Waals surface area contributed by atoms with E-state index in [1.807, 2.05) is 48.8 Å². The summed E-state index contributed by atoms with van der Waals surface area (Å²) in [5, 5.41) is 12.2. The molecule has 3 N–H and O–H groups in total. The SMILES string of the molecule is O=C(O)C(NCc1cc[nH]c1)c1ccccc1. The van der Waals surface area contributed by atoms with Crippen molar-refractivity contribution in [1.29, 1.82) is 0 Å². The van der Waals surface area contributed by atoms with E-state index in [2.05, 4.69) is 10.3 Å². The van der Waals surface area contributed by atoms with Crippen molar-refractivity contribution in [2.75, 3.05) is 0 Å². The number of carboxylic acid groups (broad SMARTS) is 1. The number of hydrogen-bond donors (Lipinski definition) is 3. The maximum Gasteiger partial charge on any atom is 0.325 e. The van der Waals surface area contributed by atoms with Gasteiger partial charge in [0.1, 0.15) is 6.04 Å². The predicted molar refractivity (Wildman–Crippen MR) is 64.5 cm³/mol. The van der Waals surface area contributed by atoms with Crippen LogP contribution in [0.25, 0.3) is 0 Å². The summed E-state index contributed by atoms with van der Waals surface area (Å²) in [5.41, 5.74) is 1.79.